The zero-order chi connectivity index (χ0) is 11.5. The number of carboxylic acids is 1. The SMILES string of the molecule is O=C(O)C1CCCN1CC(Cl)c1ccco1. The molecule has 88 valence electrons. The monoisotopic (exact) mass is 243 g/mol. The highest BCUT2D eigenvalue weighted by Crippen LogP contribution is 2.26. The maximum Gasteiger partial charge on any atom is 0.320 e. The van der Waals surface area contributed by atoms with Crippen molar-refractivity contribution < 1.29 is 14.3 Å². The fourth-order valence-corrected chi connectivity index (χ4v) is 2.39. The van der Waals surface area contributed by atoms with E-state index in [1.54, 1.807) is 12.3 Å². The first-order valence-corrected chi connectivity index (χ1v) is 5.76. The summed E-state index contributed by atoms with van der Waals surface area (Å²) < 4.78 is 5.20. The van der Waals surface area contributed by atoms with E-state index in [0.29, 0.717) is 18.7 Å². The van der Waals surface area contributed by atoms with E-state index in [4.69, 9.17) is 21.1 Å². The Bertz CT molecular complexity index is 352. The summed E-state index contributed by atoms with van der Waals surface area (Å²) in [6, 6.07) is 3.20. The van der Waals surface area contributed by atoms with Crippen LogP contribution in [0.15, 0.2) is 22.8 Å². The molecule has 1 aliphatic heterocycles. The molecule has 0 spiro atoms. The number of carboxylic acid groups (broad SMARTS) is 1. The molecule has 0 amide bonds. The van der Waals surface area contributed by atoms with E-state index in [1.165, 1.54) is 0 Å². The molecule has 1 saturated heterocycles. The minimum absolute atomic E-state index is 0.282. The number of rotatable bonds is 4. The molecule has 2 heterocycles. The fourth-order valence-electron chi connectivity index (χ4n) is 2.09. The molecular formula is C11H14ClNO3. The zero-order valence-corrected chi connectivity index (χ0v) is 9.56. The van der Waals surface area contributed by atoms with Crippen molar-refractivity contribution in [3.05, 3.63) is 24.2 Å². The maximum atomic E-state index is 11.0. The summed E-state index contributed by atoms with van der Waals surface area (Å²) in [5.74, 6) is -0.0708. The molecule has 0 aromatic carbocycles. The molecule has 2 rings (SSSR count). The summed E-state index contributed by atoms with van der Waals surface area (Å²) >= 11 is 6.17. The van der Waals surface area contributed by atoms with E-state index in [9.17, 15) is 4.79 Å². The Labute approximate surface area is 98.8 Å². The molecule has 1 aliphatic rings. The molecule has 2 unspecified atom stereocenters. The Balaban J connectivity index is 1.96. The van der Waals surface area contributed by atoms with Crippen molar-refractivity contribution in [3.8, 4) is 0 Å². The van der Waals surface area contributed by atoms with Crippen molar-refractivity contribution in [1.82, 2.24) is 4.90 Å². The lowest BCUT2D eigenvalue weighted by Crippen LogP contribution is -2.37. The highest BCUT2D eigenvalue weighted by Gasteiger charge is 2.32. The standard InChI is InChI=1S/C11H14ClNO3/c12-8(10-4-2-6-16-10)7-13-5-1-3-9(13)11(14)15/h2,4,6,8-9H,1,3,5,7H2,(H,14,15). The predicted molar refractivity (Wildman–Crippen MR) is 59.5 cm³/mol. The van der Waals surface area contributed by atoms with Crippen molar-refractivity contribution in [1.29, 1.82) is 0 Å². The van der Waals surface area contributed by atoms with E-state index in [0.717, 1.165) is 13.0 Å². The van der Waals surface area contributed by atoms with Crippen LogP contribution in [0.3, 0.4) is 0 Å². The second-order valence-electron chi connectivity index (χ2n) is 3.97. The van der Waals surface area contributed by atoms with Crippen LogP contribution in [0.4, 0.5) is 0 Å². The molecule has 1 aromatic heterocycles. The van der Waals surface area contributed by atoms with Gasteiger partial charge in [0.25, 0.3) is 0 Å². The Hall–Kier alpha value is -1.00. The van der Waals surface area contributed by atoms with Crippen LogP contribution in [0, 0.1) is 0 Å². The molecule has 1 N–H and O–H groups in total. The van der Waals surface area contributed by atoms with Crippen molar-refractivity contribution in [2.24, 2.45) is 0 Å². The first kappa shape index (κ1) is 11.5. The highest BCUT2D eigenvalue weighted by molar-refractivity contribution is 6.20. The maximum absolute atomic E-state index is 11.0. The largest absolute Gasteiger partial charge is 0.480 e. The van der Waals surface area contributed by atoms with Crippen molar-refractivity contribution >= 4 is 17.6 Å². The minimum atomic E-state index is -0.763. The molecule has 0 saturated carbocycles. The number of likely N-dealkylation sites (tertiary alicyclic amines) is 1. The van der Waals surface area contributed by atoms with Gasteiger partial charge in [0.1, 0.15) is 17.2 Å². The second-order valence-corrected chi connectivity index (χ2v) is 4.50. The third-order valence-corrected chi connectivity index (χ3v) is 3.25. The highest BCUT2D eigenvalue weighted by atomic mass is 35.5. The van der Waals surface area contributed by atoms with Gasteiger partial charge in [0.2, 0.25) is 0 Å². The first-order valence-electron chi connectivity index (χ1n) is 5.33. The van der Waals surface area contributed by atoms with Crippen molar-refractivity contribution in [2.45, 2.75) is 24.3 Å². The van der Waals surface area contributed by atoms with Crippen LogP contribution in [0.2, 0.25) is 0 Å². The predicted octanol–water partition coefficient (Wildman–Crippen LogP) is 2.11. The van der Waals surface area contributed by atoms with Gasteiger partial charge in [-0.3, -0.25) is 9.69 Å². The molecule has 5 heteroatoms. The number of aliphatic carboxylic acids is 1. The van der Waals surface area contributed by atoms with Gasteiger partial charge in [0, 0.05) is 6.54 Å². The summed E-state index contributed by atoms with van der Waals surface area (Å²) in [6.45, 7) is 1.31. The van der Waals surface area contributed by atoms with Gasteiger partial charge in [-0.1, -0.05) is 0 Å². The molecule has 1 aromatic rings. The fraction of sp³-hybridized carbons (Fsp3) is 0.545. The Kier molecular flexibility index (Phi) is 3.51. The Morgan fingerprint density at radius 1 is 1.75 bits per heavy atom. The number of hydrogen-bond acceptors (Lipinski definition) is 3. The van der Waals surface area contributed by atoms with Gasteiger partial charge in [0.15, 0.2) is 0 Å². The third kappa shape index (κ3) is 2.39. The molecule has 4 nitrogen and oxygen atoms in total. The van der Waals surface area contributed by atoms with E-state index in [-0.39, 0.29) is 5.38 Å². The Morgan fingerprint density at radius 2 is 2.56 bits per heavy atom. The van der Waals surface area contributed by atoms with Gasteiger partial charge in [-0.15, -0.1) is 11.6 Å². The van der Waals surface area contributed by atoms with Gasteiger partial charge in [-0.2, -0.15) is 0 Å². The lowest BCUT2D eigenvalue weighted by Gasteiger charge is -2.22. The van der Waals surface area contributed by atoms with Gasteiger partial charge in [0.05, 0.1) is 6.26 Å². The van der Waals surface area contributed by atoms with E-state index < -0.39 is 12.0 Å². The number of nitrogens with zero attached hydrogens (tertiary/aromatic N) is 1. The van der Waals surface area contributed by atoms with Gasteiger partial charge < -0.3 is 9.52 Å². The molecule has 1 fully saturated rings. The van der Waals surface area contributed by atoms with E-state index in [2.05, 4.69) is 0 Å². The van der Waals surface area contributed by atoms with Crippen LogP contribution in [0.5, 0.6) is 0 Å². The van der Waals surface area contributed by atoms with Crippen LogP contribution in [0.25, 0.3) is 0 Å². The summed E-state index contributed by atoms with van der Waals surface area (Å²) in [5, 5.41) is 8.74. The van der Waals surface area contributed by atoms with Crippen molar-refractivity contribution in [2.75, 3.05) is 13.1 Å². The molecule has 2 atom stereocenters. The number of alkyl halides is 1. The summed E-state index contributed by atoms with van der Waals surface area (Å²) in [6.07, 6.45) is 3.19. The molecule has 16 heavy (non-hydrogen) atoms. The molecule has 0 aliphatic carbocycles. The van der Waals surface area contributed by atoms with Gasteiger partial charge in [-0.05, 0) is 31.5 Å². The first-order chi connectivity index (χ1) is 7.68. The number of halogens is 1. The summed E-state index contributed by atoms with van der Waals surface area (Å²) in [7, 11) is 0. The minimum Gasteiger partial charge on any atom is -0.480 e. The average molecular weight is 244 g/mol. The van der Waals surface area contributed by atoms with Crippen LogP contribution in [-0.2, 0) is 4.79 Å². The Morgan fingerprint density at radius 3 is 3.19 bits per heavy atom. The second kappa shape index (κ2) is 4.89. The van der Waals surface area contributed by atoms with Crippen LogP contribution in [-0.4, -0.2) is 35.1 Å². The van der Waals surface area contributed by atoms with Crippen LogP contribution < -0.4 is 0 Å². The average Bonchev–Trinajstić information content (AvgIpc) is 2.86. The number of furan rings is 1. The van der Waals surface area contributed by atoms with Gasteiger partial charge in [-0.25, -0.2) is 0 Å². The van der Waals surface area contributed by atoms with Crippen molar-refractivity contribution in [3.63, 3.8) is 0 Å². The topological polar surface area (TPSA) is 53.7 Å². The van der Waals surface area contributed by atoms with E-state index >= 15 is 0 Å². The third-order valence-electron chi connectivity index (χ3n) is 2.90. The summed E-state index contributed by atoms with van der Waals surface area (Å²) in [5.41, 5.74) is 0. The van der Waals surface area contributed by atoms with E-state index in [1.807, 2.05) is 11.0 Å². The molecule has 0 radical (unpaired) electrons. The molecule has 0 bridgehead atoms. The quantitative estimate of drug-likeness (QED) is 0.823. The number of hydrogen-bond donors (Lipinski definition) is 1. The lowest BCUT2D eigenvalue weighted by atomic mass is 10.2. The number of carbonyl (C=O) groups is 1. The summed E-state index contributed by atoms with van der Waals surface area (Å²) in [4.78, 5) is 12.9. The van der Waals surface area contributed by atoms with Crippen LogP contribution in [0.1, 0.15) is 24.0 Å². The smallest absolute Gasteiger partial charge is 0.320 e. The normalized spacial score (nSPS) is 23.4. The zero-order valence-electron chi connectivity index (χ0n) is 8.80. The molecular weight excluding hydrogens is 230 g/mol. The van der Waals surface area contributed by atoms with Gasteiger partial charge >= 0.3 is 5.97 Å². The van der Waals surface area contributed by atoms with Crippen LogP contribution >= 0.6 is 11.6 Å². The lowest BCUT2D eigenvalue weighted by molar-refractivity contribution is -0.142.